The van der Waals surface area contributed by atoms with E-state index in [4.69, 9.17) is 4.74 Å². The minimum atomic E-state index is 0.741. The van der Waals surface area contributed by atoms with Crippen molar-refractivity contribution in [2.24, 2.45) is 4.99 Å². The summed E-state index contributed by atoms with van der Waals surface area (Å²) in [5.41, 5.74) is 3.50. The van der Waals surface area contributed by atoms with Gasteiger partial charge in [-0.3, -0.25) is 4.99 Å². The van der Waals surface area contributed by atoms with Crippen LogP contribution in [-0.2, 0) is 6.54 Å². The van der Waals surface area contributed by atoms with Gasteiger partial charge in [-0.1, -0.05) is 12.1 Å². The number of piperazine rings is 1. The van der Waals surface area contributed by atoms with Gasteiger partial charge in [-0.15, -0.1) is 0 Å². The minimum absolute atomic E-state index is 0.741. The van der Waals surface area contributed by atoms with Gasteiger partial charge in [-0.05, 0) is 48.0 Å². The lowest BCUT2D eigenvalue weighted by Gasteiger charge is -2.37. The van der Waals surface area contributed by atoms with Crippen molar-refractivity contribution in [2.75, 3.05) is 45.2 Å². The van der Waals surface area contributed by atoms with Crippen molar-refractivity contribution < 1.29 is 4.74 Å². The first-order valence-corrected chi connectivity index (χ1v) is 10.2. The molecule has 0 atom stereocenters. The molecule has 2 aromatic carbocycles. The van der Waals surface area contributed by atoms with Crippen molar-refractivity contribution in [3.63, 3.8) is 0 Å². The molecular weight excluding hydrogens is 376 g/mol. The summed E-state index contributed by atoms with van der Waals surface area (Å²) in [5.74, 6) is 1.83. The van der Waals surface area contributed by atoms with E-state index in [1.54, 1.807) is 13.3 Å². The summed E-state index contributed by atoms with van der Waals surface area (Å²) in [6.07, 6.45) is 3.73. The Labute approximate surface area is 177 Å². The number of hydrogen-bond acceptors (Lipinski definition) is 4. The molecule has 0 amide bonds. The lowest BCUT2D eigenvalue weighted by Crippen LogP contribution is -2.52. The predicted molar refractivity (Wildman–Crippen MR) is 121 cm³/mol. The Balaban J connectivity index is 1.29. The highest BCUT2D eigenvalue weighted by molar-refractivity contribution is 5.80. The Morgan fingerprint density at radius 1 is 1.00 bits per heavy atom. The summed E-state index contributed by atoms with van der Waals surface area (Å²) in [6, 6.07) is 18.6. The molecule has 3 aromatic rings. The maximum atomic E-state index is 5.25. The number of rotatable bonds is 5. The maximum Gasteiger partial charge on any atom is 0.194 e. The van der Waals surface area contributed by atoms with Gasteiger partial charge >= 0.3 is 0 Å². The molecule has 2 heterocycles. The second-order valence-corrected chi connectivity index (χ2v) is 7.19. The topological polar surface area (TPSA) is 57.9 Å². The second-order valence-electron chi connectivity index (χ2n) is 7.19. The summed E-state index contributed by atoms with van der Waals surface area (Å²) in [7, 11) is 3.54. The second kappa shape index (κ2) is 9.35. The van der Waals surface area contributed by atoms with Crippen LogP contribution in [0.25, 0.3) is 5.69 Å². The molecule has 1 aliphatic rings. The monoisotopic (exact) mass is 404 g/mol. The zero-order valence-corrected chi connectivity index (χ0v) is 17.5. The van der Waals surface area contributed by atoms with Crippen LogP contribution in [0.1, 0.15) is 5.56 Å². The third kappa shape index (κ3) is 4.56. The number of methoxy groups -OCH3 is 1. The molecule has 1 fully saturated rings. The van der Waals surface area contributed by atoms with Crippen LogP contribution in [0.5, 0.6) is 5.75 Å². The average Bonchev–Trinajstić information content (AvgIpc) is 3.35. The molecule has 1 aromatic heterocycles. The molecule has 1 saturated heterocycles. The smallest absolute Gasteiger partial charge is 0.194 e. The van der Waals surface area contributed by atoms with E-state index >= 15 is 0 Å². The molecule has 7 heteroatoms. The van der Waals surface area contributed by atoms with Gasteiger partial charge in [0.05, 0.1) is 12.8 Å². The van der Waals surface area contributed by atoms with Gasteiger partial charge in [0.1, 0.15) is 5.75 Å². The number of aromatic nitrogens is 2. The number of nitrogens with one attached hydrogen (secondary N) is 1. The van der Waals surface area contributed by atoms with E-state index in [2.05, 4.69) is 61.6 Å². The fourth-order valence-corrected chi connectivity index (χ4v) is 3.67. The van der Waals surface area contributed by atoms with Crippen molar-refractivity contribution in [1.82, 2.24) is 20.0 Å². The molecule has 0 aliphatic carbocycles. The minimum Gasteiger partial charge on any atom is -0.497 e. The zero-order valence-electron chi connectivity index (χ0n) is 17.5. The highest BCUT2D eigenvalue weighted by Crippen LogP contribution is 2.20. The van der Waals surface area contributed by atoms with Crippen LogP contribution in [0, 0.1) is 0 Å². The van der Waals surface area contributed by atoms with E-state index in [0.29, 0.717) is 0 Å². The van der Waals surface area contributed by atoms with E-state index in [1.165, 1.54) is 11.3 Å². The quantitative estimate of drug-likeness (QED) is 0.524. The van der Waals surface area contributed by atoms with Gasteiger partial charge < -0.3 is 19.9 Å². The van der Waals surface area contributed by atoms with Crippen LogP contribution in [0.3, 0.4) is 0 Å². The number of aliphatic imine (C=N–C) groups is 1. The van der Waals surface area contributed by atoms with Crippen LogP contribution in [-0.4, -0.2) is 61.0 Å². The van der Waals surface area contributed by atoms with Crippen molar-refractivity contribution in [3.8, 4) is 11.4 Å². The molecule has 1 N–H and O–H groups in total. The first kappa shape index (κ1) is 19.8. The van der Waals surface area contributed by atoms with E-state index in [0.717, 1.165) is 50.1 Å². The highest BCUT2D eigenvalue weighted by atomic mass is 16.5. The molecular formula is C23H28N6O. The van der Waals surface area contributed by atoms with E-state index < -0.39 is 0 Å². The fraction of sp³-hybridized carbons (Fsp3) is 0.304. The molecule has 0 spiro atoms. The Kier molecular flexibility index (Phi) is 6.17. The summed E-state index contributed by atoms with van der Waals surface area (Å²) >= 11 is 0. The van der Waals surface area contributed by atoms with Crippen molar-refractivity contribution in [1.29, 1.82) is 0 Å². The van der Waals surface area contributed by atoms with Crippen LogP contribution in [0.15, 0.2) is 72.0 Å². The first-order chi connectivity index (χ1) is 14.8. The molecule has 0 radical (unpaired) electrons. The molecule has 30 heavy (non-hydrogen) atoms. The molecule has 156 valence electrons. The molecule has 0 bridgehead atoms. The first-order valence-electron chi connectivity index (χ1n) is 10.2. The normalized spacial score (nSPS) is 14.7. The number of benzene rings is 2. The largest absolute Gasteiger partial charge is 0.497 e. The fourth-order valence-electron chi connectivity index (χ4n) is 3.67. The summed E-state index contributed by atoms with van der Waals surface area (Å²) in [6.45, 7) is 4.54. The van der Waals surface area contributed by atoms with Crippen LogP contribution in [0.2, 0.25) is 0 Å². The lowest BCUT2D eigenvalue weighted by molar-refractivity contribution is 0.372. The number of guanidine groups is 1. The van der Waals surface area contributed by atoms with Gasteiger partial charge in [-0.25, -0.2) is 4.68 Å². The summed E-state index contributed by atoms with van der Waals surface area (Å²) in [4.78, 5) is 9.21. The van der Waals surface area contributed by atoms with Crippen LogP contribution < -0.4 is 15.0 Å². The van der Waals surface area contributed by atoms with Gasteiger partial charge in [0.15, 0.2) is 5.96 Å². The molecule has 0 unspecified atom stereocenters. The van der Waals surface area contributed by atoms with Crippen molar-refractivity contribution >= 4 is 11.6 Å². The Bertz CT molecular complexity index is 942. The Morgan fingerprint density at radius 3 is 2.30 bits per heavy atom. The molecule has 0 saturated carbocycles. The Hall–Kier alpha value is -3.48. The van der Waals surface area contributed by atoms with Gasteiger partial charge in [-0.2, -0.15) is 5.10 Å². The van der Waals surface area contributed by atoms with Crippen molar-refractivity contribution in [2.45, 2.75) is 6.54 Å². The standard InChI is InChI=1S/C23H28N6O/c1-24-23(25-18-19-4-6-21(7-5-19)29-13-3-12-26-29)28-16-14-27(15-17-28)20-8-10-22(30-2)11-9-20/h3-13H,14-18H2,1-2H3,(H,24,25). The van der Waals surface area contributed by atoms with Gasteiger partial charge in [0.2, 0.25) is 0 Å². The number of ether oxygens (including phenoxy) is 1. The third-order valence-corrected chi connectivity index (χ3v) is 5.38. The zero-order chi connectivity index (χ0) is 20.8. The van der Waals surface area contributed by atoms with Crippen molar-refractivity contribution in [3.05, 3.63) is 72.6 Å². The highest BCUT2D eigenvalue weighted by Gasteiger charge is 2.19. The summed E-state index contributed by atoms with van der Waals surface area (Å²) in [5, 5.41) is 7.76. The Morgan fingerprint density at radius 2 is 1.70 bits per heavy atom. The van der Waals surface area contributed by atoms with E-state index in [9.17, 15) is 0 Å². The van der Waals surface area contributed by atoms with Gasteiger partial charge in [0.25, 0.3) is 0 Å². The van der Waals surface area contributed by atoms with E-state index in [1.807, 2.05) is 36.1 Å². The SMILES string of the molecule is CN=C(NCc1ccc(-n2cccn2)cc1)N1CCN(c2ccc(OC)cc2)CC1. The van der Waals surface area contributed by atoms with Gasteiger partial charge in [0, 0.05) is 57.9 Å². The number of hydrogen-bond donors (Lipinski definition) is 1. The summed E-state index contributed by atoms with van der Waals surface area (Å²) < 4.78 is 7.11. The van der Waals surface area contributed by atoms with Crippen LogP contribution >= 0.6 is 0 Å². The van der Waals surface area contributed by atoms with E-state index in [-0.39, 0.29) is 0 Å². The molecule has 1 aliphatic heterocycles. The maximum absolute atomic E-state index is 5.25. The third-order valence-electron chi connectivity index (χ3n) is 5.38. The number of anilines is 1. The predicted octanol–water partition coefficient (Wildman–Crippen LogP) is 2.78. The van der Waals surface area contributed by atoms with Crippen LogP contribution in [0.4, 0.5) is 5.69 Å². The number of nitrogens with zero attached hydrogens (tertiary/aromatic N) is 5. The average molecular weight is 405 g/mol. The molecule has 7 nitrogen and oxygen atoms in total. The lowest BCUT2D eigenvalue weighted by atomic mass is 10.2. The molecule has 4 rings (SSSR count).